The first kappa shape index (κ1) is 16.6. The van der Waals surface area contributed by atoms with Gasteiger partial charge in [-0.1, -0.05) is 50.9 Å². The molecule has 0 saturated heterocycles. The van der Waals surface area contributed by atoms with Crippen molar-refractivity contribution in [3.63, 3.8) is 0 Å². The average molecular weight is 320 g/mol. The molecule has 1 aromatic heterocycles. The largest absolute Gasteiger partial charge is 0.352 e. The fourth-order valence-corrected chi connectivity index (χ4v) is 2.48. The Hall–Kier alpha value is -1.81. The predicted molar refractivity (Wildman–Crippen MR) is 89.7 cm³/mol. The van der Waals surface area contributed by atoms with Crippen LogP contribution < -0.4 is 5.32 Å². The molecule has 0 spiro atoms. The van der Waals surface area contributed by atoms with Crippen LogP contribution >= 0.6 is 11.6 Å². The lowest BCUT2D eigenvalue weighted by Gasteiger charge is -2.11. The molecule has 1 amide bonds. The Morgan fingerprint density at radius 3 is 2.73 bits per heavy atom. The normalized spacial score (nSPS) is 11.0. The van der Waals surface area contributed by atoms with Crippen molar-refractivity contribution in [2.24, 2.45) is 5.92 Å². The number of rotatable bonds is 6. The lowest BCUT2D eigenvalue weighted by atomic mass is 10.1. The van der Waals surface area contributed by atoms with Crippen molar-refractivity contribution in [1.29, 1.82) is 0 Å². The van der Waals surface area contributed by atoms with E-state index in [1.807, 2.05) is 24.3 Å². The van der Waals surface area contributed by atoms with E-state index in [2.05, 4.69) is 31.2 Å². The van der Waals surface area contributed by atoms with Gasteiger partial charge < -0.3 is 5.32 Å². The second kappa shape index (κ2) is 7.45. The van der Waals surface area contributed by atoms with Crippen LogP contribution in [0, 0.1) is 5.92 Å². The molecule has 2 aromatic rings. The summed E-state index contributed by atoms with van der Waals surface area (Å²) in [6.45, 7) is 6.88. The van der Waals surface area contributed by atoms with Crippen LogP contribution in [0.5, 0.6) is 0 Å². The average Bonchev–Trinajstić information content (AvgIpc) is 2.89. The molecular formula is C17H22ClN3O. The summed E-state index contributed by atoms with van der Waals surface area (Å²) in [6, 6.07) is 7.53. The molecule has 1 N–H and O–H groups in total. The van der Waals surface area contributed by atoms with Crippen LogP contribution in [0.15, 0.2) is 30.5 Å². The van der Waals surface area contributed by atoms with Gasteiger partial charge in [-0.3, -0.25) is 4.79 Å². The fraction of sp³-hybridized carbons (Fsp3) is 0.412. The zero-order valence-corrected chi connectivity index (χ0v) is 14.0. The summed E-state index contributed by atoms with van der Waals surface area (Å²) >= 11 is 6.26. The van der Waals surface area contributed by atoms with Crippen molar-refractivity contribution in [2.45, 2.75) is 33.6 Å². The SMILES string of the molecule is CCCc1c(C(=O)NCC(C)C)cnn1-c1ccccc1Cl. The number of nitrogens with one attached hydrogen (secondary N) is 1. The summed E-state index contributed by atoms with van der Waals surface area (Å²) in [4.78, 5) is 12.4. The van der Waals surface area contributed by atoms with Gasteiger partial charge >= 0.3 is 0 Å². The molecule has 4 nitrogen and oxygen atoms in total. The molecule has 22 heavy (non-hydrogen) atoms. The van der Waals surface area contributed by atoms with E-state index in [1.54, 1.807) is 10.9 Å². The molecule has 0 fully saturated rings. The van der Waals surface area contributed by atoms with Gasteiger partial charge in [-0.05, 0) is 24.5 Å². The molecule has 0 radical (unpaired) electrons. The van der Waals surface area contributed by atoms with Crippen LogP contribution in [-0.2, 0) is 6.42 Å². The molecule has 0 aliphatic rings. The fourth-order valence-electron chi connectivity index (χ4n) is 2.26. The number of hydrogen-bond acceptors (Lipinski definition) is 2. The third-order valence-corrected chi connectivity index (χ3v) is 3.67. The van der Waals surface area contributed by atoms with Crippen LogP contribution in [0.4, 0.5) is 0 Å². The maximum atomic E-state index is 12.4. The third kappa shape index (κ3) is 3.69. The van der Waals surface area contributed by atoms with E-state index in [1.165, 1.54) is 0 Å². The number of halogens is 1. The lowest BCUT2D eigenvalue weighted by molar-refractivity contribution is 0.0948. The monoisotopic (exact) mass is 319 g/mol. The first-order chi connectivity index (χ1) is 10.5. The highest BCUT2D eigenvalue weighted by molar-refractivity contribution is 6.32. The van der Waals surface area contributed by atoms with Gasteiger partial charge in [0.15, 0.2) is 0 Å². The molecule has 0 unspecified atom stereocenters. The van der Waals surface area contributed by atoms with E-state index in [0.717, 1.165) is 24.2 Å². The number of aromatic nitrogens is 2. The van der Waals surface area contributed by atoms with Crippen molar-refractivity contribution in [3.8, 4) is 5.69 Å². The van der Waals surface area contributed by atoms with Gasteiger partial charge in [0.1, 0.15) is 0 Å². The van der Waals surface area contributed by atoms with Crippen LogP contribution in [0.2, 0.25) is 5.02 Å². The summed E-state index contributed by atoms with van der Waals surface area (Å²) in [6.07, 6.45) is 3.33. The first-order valence-corrected chi connectivity index (χ1v) is 8.02. The highest BCUT2D eigenvalue weighted by Crippen LogP contribution is 2.23. The molecular weight excluding hydrogens is 298 g/mol. The van der Waals surface area contributed by atoms with E-state index in [4.69, 9.17) is 11.6 Å². The molecule has 118 valence electrons. The molecule has 0 aliphatic carbocycles. The third-order valence-electron chi connectivity index (χ3n) is 3.35. The Morgan fingerprint density at radius 1 is 1.36 bits per heavy atom. The molecule has 1 heterocycles. The minimum absolute atomic E-state index is 0.0737. The van der Waals surface area contributed by atoms with Gasteiger partial charge in [0.05, 0.1) is 28.2 Å². The summed E-state index contributed by atoms with van der Waals surface area (Å²) in [5.41, 5.74) is 2.33. The number of carbonyl (C=O) groups is 1. The molecule has 5 heteroatoms. The smallest absolute Gasteiger partial charge is 0.254 e. The van der Waals surface area contributed by atoms with Gasteiger partial charge in [-0.25, -0.2) is 4.68 Å². The van der Waals surface area contributed by atoms with Crippen molar-refractivity contribution >= 4 is 17.5 Å². The Kier molecular flexibility index (Phi) is 5.61. The van der Waals surface area contributed by atoms with Crippen molar-refractivity contribution < 1.29 is 4.79 Å². The van der Waals surface area contributed by atoms with Gasteiger partial charge in [-0.15, -0.1) is 0 Å². The Bertz CT molecular complexity index is 649. The Labute approximate surface area is 136 Å². The van der Waals surface area contributed by atoms with Crippen molar-refractivity contribution in [2.75, 3.05) is 6.54 Å². The van der Waals surface area contributed by atoms with E-state index in [9.17, 15) is 4.79 Å². The Morgan fingerprint density at radius 2 is 2.09 bits per heavy atom. The minimum Gasteiger partial charge on any atom is -0.352 e. The van der Waals surface area contributed by atoms with E-state index in [-0.39, 0.29) is 5.91 Å². The number of carbonyl (C=O) groups excluding carboxylic acids is 1. The highest BCUT2D eigenvalue weighted by atomic mass is 35.5. The van der Waals surface area contributed by atoms with Gasteiger partial charge in [0.25, 0.3) is 5.91 Å². The maximum absolute atomic E-state index is 12.4. The standard InChI is InChI=1S/C17H22ClN3O/c1-4-7-15-13(17(22)19-10-12(2)3)11-20-21(15)16-9-6-5-8-14(16)18/h5-6,8-9,11-12H,4,7,10H2,1-3H3,(H,19,22). The van der Waals surface area contributed by atoms with E-state index < -0.39 is 0 Å². The summed E-state index contributed by atoms with van der Waals surface area (Å²) in [7, 11) is 0. The van der Waals surface area contributed by atoms with Crippen LogP contribution in [-0.4, -0.2) is 22.2 Å². The molecule has 1 aromatic carbocycles. The molecule has 0 bridgehead atoms. The van der Waals surface area contributed by atoms with E-state index >= 15 is 0 Å². The Balaban J connectivity index is 2.37. The zero-order valence-electron chi connectivity index (χ0n) is 13.3. The van der Waals surface area contributed by atoms with Crippen molar-refractivity contribution in [3.05, 3.63) is 46.7 Å². The van der Waals surface area contributed by atoms with Crippen molar-refractivity contribution in [1.82, 2.24) is 15.1 Å². The van der Waals surface area contributed by atoms with Crippen LogP contribution in [0.25, 0.3) is 5.69 Å². The summed E-state index contributed by atoms with van der Waals surface area (Å²) in [5.74, 6) is 0.340. The van der Waals surface area contributed by atoms with Crippen LogP contribution in [0.1, 0.15) is 43.2 Å². The van der Waals surface area contributed by atoms with Gasteiger partial charge in [-0.2, -0.15) is 5.10 Å². The lowest BCUT2D eigenvalue weighted by Crippen LogP contribution is -2.28. The number of benzene rings is 1. The summed E-state index contributed by atoms with van der Waals surface area (Å²) < 4.78 is 1.77. The number of para-hydroxylation sites is 1. The van der Waals surface area contributed by atoms with E-state index in [0.29, 0.717) is 23.0 Å². The maximum Gasteiger partial charge on any atom is 0.254 e. The van der Waals surface area contributed by atoms with Gasteiger partial charge in [0, 0.05) is 6.54 Å². The minimum atomic E-state index is -0.0737. The topological polar surface area (TPSA) is 46.9 Å². The van der Waals surface area contributed by atoms with Gasteiger partial charge in [0.2, 0.25) is 0 Å². The number of hydrogen-bond donors (Lipinski definition) is 1. The second-order valence-corrected chi connectivity index (χ2v) is 6.13. The second-order valence-electron chi connectivity index (χ2n) is 5.72. The zero-order chi connectivity index (χ0) is 16.1. The van der Waals surface area contributed by atoms with Crippen LogP contribution in [0.3, 0.4) is 0 Å². The number of amides is 1. The highest BCUT2D eigenvalue weighted by Gasteiger charge is 2.18. The first-order valence-electron chi connectivity index (χ1n) is 7.64. The number of nitrogens with zero attached hydrogens (tertiary/aromatic N) is 2. The quantitative estimate of drug-likeness (QED) is 0.878. The molecule has 2 rings (SSSR count). The molecule has 0 aliphatic heterocycles. The molecule has 0 atom stereocenters. The summed E-state index contributed by atoms with van der Waals surface area (Å²) in [5, 5.41) is 7.96. The molecule has 0 saturated carbocycles. The predicted octanol–water partition coefficient (Wildman–Crippen LogP) is 3.86.